The molecule has 0 aromatic carbocycles. The van der Waals surface area contributed by atoms with Crippen LogP contribution in [0.3, 0.4) is 0 Å². The topological polar surface area (TPSA) is 20.2 Å². The van der Waals surface area contributed by atoms with Crippen LogP contribution >= 0.6 is 11.8 Å². The molecule has 0 aromatic heterocycles. The first-order valence-electron chi connectivity index (χ1n) is 5.01. The van der Waals surface area contributed by atoms with Crippen molar-refractivity contribution in [3.8, 4) is 0 Å². The van der Waals surface area contributed by atoms with Crippen LogP contribution in [0.4, 0.5) is 0 Å². The van der Waals surface area contributed by atoms with Gasteiger partial charge in [0, 0.05) is 0 Å². The molecule has 0 amide bonds. The minimum Gasteiger partial charge on any atom is -0.393 e. The van der Waals surface area contributed by atoms with Crippen molar-refractivity contribution in [2.45, 2.75) is 38.7 Å². The Morgan fingerprint density at radius 1 is 1.50 bits per heavy atom. The van der Waals surface area contributed by atoms with E-state index < -0.39 is 0 Å². The molecule has 1 nitrogen and oxygen atoms in total. The lowest BCUT2D eigenvalue weighted by Crippen LogP contribution is -2.30. The molecule has 2 rings (SSSR count). The van der Waals surface area contributed by atoms with E-state index in [1.54, 1.807) is 0 Å². The van der Waals surface area contributed by atoms with Crippen LogP contribution in [0.15, 0.2) is 0 Å². The van der Waals surface area contributed by atoms with Crippen LogP contribution in [0, 0.1) is 11.3 Å². The fraction of sp³-hybridized carbons (Fsp3) is 1.00. The minimum atomic E-state index is -0.0683. The Bertz CT molecular complexity index is 157. The van der Waals surface area contributed by atoms with Gasteiger partial charge in [-0.25, -0.2) is 0 Å². The van der Waals surface area contributed by atoms with Gasteiger partial charge in [-0.15, -0.1) is 0 Å². The Balaban J connectivity index is 1.97. The van der Waals surface area contributed by atoms with E-state index in [-0.39, 0.29) is 6.10 Å². The fourth-order valence-electron chi connectivity index (χ4n) is 2.51. The molecule has 12 heavy (non-hydrogen) atoms. The van der Waals surface area contributed by atoms with Gasteiger partial charge in [-0.2, -0.15) is 11.8 Å². The van der Waals surface area contributed by atoms with Crippen molar-refractivity contribution in [3.05, 3.63) is 0 Å². The highest BCUT2D eigenvalue weighted by Crippen LogP contribution is 2.57. The molecular formula is C10H18OS. The van der Waals surface area contributed by atoms with E-state index in [9.17, 15) is 5.11 Å². The molecule has 2 atom stereocenters. The monoisotopic (exact) mass is 186 g/mol. The van der Waals surface area contributed by atoms with E-state index >= 15 is 0 Å². The normalized spacial score (nSPS) is 36.0. The zero-order valence-corrected chi connectivity index (χ0v) is 8.57. The molecule has 1 heterocycles. The van der Waals surface area contributed by atoms with Gasteiger partial charge in [-0.05, 0) is 55.4 Å². The predicted molar refractivity (Wildman–Crippen MR) is 53.4 cm³/mol. The van der Waals surface area contributed by atoms with Gasteiger partial charge in [0.25, 0.3) is 0 Å². The quantitative estimate of drug-likeness (QED) is 0.714. The SMILES string of the molecule is CC(O)C1(C2CCCSC2)CC1. The lowest BCUT2D eigenvalue weighted by Gasteiger charge is -2.32. The number of hydrogen-bond acceptors (Lipinski definition) is 2. The van der Waals surface area contributed by atoms with Gasteiger partial charge >= 0.3 is 0 Å². The maximum absolute atomic E-state index is 9.69. The highest BCUT2D eigenvalue weighted by molar-refractivity contribution is 7.99. The first-order valence-corrected chi connectivity index (χ1v) is 6.17. The first kappa shape index (κ1) is 8.89. The van der Waals surface area contributed by atoms with E-state index in [1.165, 1.54) is 37.2 Å². The van der Waals surface area contributed by atoms with E-state index in [4.69, 9.17) is 0 Å². The molecule has 2 heteroatoms. The molecule has 2 fully saturated rings. The van der Waals surface area contributed by atoms with E-state index in [0.29, 0.717) is 5.41 Å². The summed E-state index contributed by atoms with van der Waals surface area (Å²) in [5.74, 6) is 3.45. The minimum absolute atomic E-state index is 0.0683. The Morgan fingerprint density at radius 2 is 2.25 bits per heavy atom. The van der Waals surface area contributed by atoms with Gasteiger partial charge in [0.1, 0.15) is 0 Å². The van der Waals surface area contributed by atoms with Crippen LogP contribution in [-0.4, -0.2) is 22.7 Å². The van der Waals surface area contributed by atoms with Crippen molar-refractivity contribution >= 4 is 11.8 Å². The summed E-state index contributed by atoms with van der Waals surface area (Å²) < 4.78 is 0. The smallest absolute Gasteiger partial charge is 0.0571 e. The van der Waals surface area contributed by atoms with Gasteiger partial charge in [0.15, 0.2) is 0 Å². The third-order valence-corrected chi connectivity index (χ3v) is 4.85. The molecule has 0 bridgehead atoms. The second-order valence-corrected chi connectivity index (χ2v) is 5.47. The summed E-state index contributed by atoms with van der Waals surface area (Å²) in [6.45, 7) is 1.98. The molecule has 0 spiro atoms. The zero-order chi connectivity index (χ0) is 8.60. The summed E-state index contributed by atoms with van der Waals surface area (Å²) in [6, 6.07) is 0. The number of rotatable bonds is 2. The van der Waals surface area contributed by atoms with E-state index in [1.807, 2.05) is 6.92 Å². The molecular weight excluding hydrogens is 168 g/mol. The third-order valence-electron chi connectivity index (χ3n) is 3.63. The number of aliphatic hydroxyl groups is 1. The second-order valence-electron chi connectivity index (χ2n) is 4.32. The lowest BCUT2D eigenvalue weighted by molar-refractivity contribution is 0.0720. The van der Waals surface area contributed by atoms with Gasteiger partial charge in [-0.3, -0.25) is 0 Å². The van der Waals surface area contributed by atoms with Crippen LogP contribution < -0.4 is 0 Å². The Labute approximate surface area is 78.9 Å². The summed E-state index contributed by atoms with van der Waals surface area (Å²) in [7, 11) is 0. The van der Waals surface area contributed by atoms with E-state index in [2.05, 4.69) is 11.8 Å². The van der Waals surface area contributed by atoms with E-state index in [0.717, 1.165) is 5.92 Å². The second kappa shape index (κ2) is 3.22. The number of aliphatic hydroxyl groups excluding tert-OH is 1. The Kier molecular flexibility index (Phi) is 2.39. The summed E-state index contributed by atoms with van der Waals surface area (Å²) in [5, 5.41) is 9.69. The van der Waals surface area contributed by atoms with Crippen molar-refractivity contribution in [2.24, 2.45) is 11.3 Å². The standard InChI is InChI=1S/C10H18OS/c1-8(11)10(4-5-10)9-3-2-6-12-7-9/h8-9,11H,2-7H2,1H3. The van der Waals surface area contributed by atoms with Crippen LogP contribution in [0.2, 0.25) is 0 Å². The highest BCUT2D eigenvalue weighted by Gasteiger charge is 2.52. The van der Waals surface area contributed by atoms with Crippen LogP contribution in [-0.2, 0) is 0 Å². The molecule has 1 saturated heterocycles. The molecule has 0 radical (unpaired) electrons. The van der Waals surface area contributed by atoms with Gasteiger partial charge < -0.3 is 5.11 Å². The zero-order valence-electron chi connectivity index (χ0n) is 7.75. The van der Waals surface area contributed by atoms with Crippen LogP contribution in [0.25, 0.3) is 0 Å². The average molecular weight is 186 g/mol. The number of thioether (sulfide) groups is 1. The molecule has 2 unspecified atom stereocenters. The molecule has 70 valence electrons. The Morgan fingerprint density at radius 3 is 2.67 bits per heavy atom. The fourth-order valence-corrected chi connectivity index (χ4v) is 3.83. The third kappa shape index (κ3) is 1.39. The summed E-state index contributed by atoms with van der Waals surface area (Å²) in [6.07, 6.45) is 5.20. The van der Waals surface area contributed by atoms with Crippen molar-refractivity contribution < 1.29 is 5.11 Å². The lowest BCUT2D eigenvalue weighted by atomic mass is 9.83. The molecule has 1 aliphatic heterocycles. The predicted octanol–water partition coefficient (Wildman–Crippen LogP) is 2.29. The van der Waals surface area contributed by atoms with Crippen molar-refractivity contribution in [1.82, 2.24) is 0 Å². The summed E-state index contributed by atoms with van der Waals surface area (Å²) >= 11 is 2.08. The van der Waals surface area contributed by atoms with Crippen molar-refractivity contribution in [2.75, 3.05) is 11.5 Å². The molecule has 1 saturated carbocycles. The van der Waals surface area contributed by atoms with Crippen LogP contribution in [0.5, 0.6) is 0 Å². The van der Waals surface area contributed by atoms with Gasteiger partial charge in [0.2, 0.25) is 0 Å². The summed E-state index contributed by atoms with van der Waals surface area (Å²) in [5.41, 5.74) is 0.355. The molecule has 0 aromatic rings. The first-order chi connectivity index (χ1) is 5.76. The number of hydrogen-bond donors (Lipinski definition) is 1. The molecule has 2 aliphatic rings. The van der Waals surface area contributed by atoms with Gasteiger partial charge in [-0.1, -0.05) is 0 Å². The summed E-state index contributed by atoms with van der Waals surface area (Å²) in [4.78, 5) is 0. The average Bonchev–Trinajstić information content (AvgIpc) is 2.86. The van der Waals surface area contributed by atoms with Crippen molar-refractivity contribution in [1.29, 1.82) is 0 Å². The van der Waals surface area contributed by atoms with Gasteiger partial charge in [0.05, 0.1) is 6.10 Å². The van der Waals surface area contributed by atoms with Crippen molar-refractivity contribution in [3.63, 3.8) is 0 Å². The maximum Gasteiger partial charge on any atom is 0.0571 e. The largest absolute Gasteiger partial charge is 0.393 e. The molecule has 1 N–H and O–H groups in total. The maximum atomic E-state index is 9.69. The molecule has 1 aliphatic carbocycles. The Hall–Kier alpha value is 0.310. The van der Waals surface area contributed by atoms with Crippen LogP contribution in [0.1, 0.15) is 32.6 Å². The highest BCUT2D eigenvalue weighted by atomic mass is 32.2.